The van der Waals surface area contributed by atoms with Crippen LogP contribution in [-0.2, 0) is 0 Å². The van der Waals surface area contributed by atoms with Gasteiger partial charge in [-0.3, -0.25) is 0 Å². The van der Waals surface area contributed by atoms with Gasteiger partial charge in [-0.1, -0.05) is 25.8 Å². The fourth-order valence-corrected chi connectivity index (χ4v) is 4.02. The number of nitriles is 1. The van der Waals surface area contributed by atoms with E-state index < -0.39 is 34.7 Å². The number of hydrogen-bond acceptors (Lipinski definition) is 3. The quantitative estimate of drug-likeness (QED) is 0.438. The number of rotatable bonds is 5. The lowest BCUT2D eigenvalue weighted by atomic mass is 9.77. The summed E-state index contributed by atoms with van der Waals surface area (Å²) < 4.78 is 46.7. The zero-order chi connectivity index (χ0) is 21.0. The second-order valence-electron chi connectivity index (χ2n) is 7.51. The summed E-state index contributed by atoms with van der Waals surface area (Å²) in [6.45, 7) is 2.18. The molecule has 0 saturated heterocycles. The van der Waals surface area contributed by atoms with Gasteiger partial charge in [0.2, 0.25) is 0 Å². The Labute approximate surface area is 168 Å². The average Bonchev–Trinajstić information content (AvgIpc) is 2.68. The van der Waals surface area contributed by atoms with Gasteiger partial charge < -0.3 is 4.74 Å². The minimum atomic E-state index is -1.15. The second kappa shape index (κ2) is 9.13. The van der Waals surface area contributed by atoms with Crippen LogP contribution in [0.25, 0.3) is 0 Å². The van der Waals surface area contributed by atoms with E-state index in [1.165, 1.54) is 31.0 Å². The SMILES string of the molecule is CCCC1CCC(c2ccc(C(=O)Oc3cc(F)c(C#N)c(F)c3)c(F)c2)CC1. The molecule has 0 spiro atoms. The van der Waals surface area contributed by atoms with Gasteiger partial charge in [0.1, 0.15) is 34.8 Å². The van der Waals surface area contributed by atoms with Crippen LogP contribution in [0.1, 0.15) is 72.9 Å². The lowest BCUT2D eigenvalue weighted by molar-refractivity contribution is 0.0729. The minimum Gasteiger partial charge on any atom is -0.423 e. The van der Waals surface area contributed by atoms with Crippen molar-refractivity contribution < 1.29 is 22.7 Å². The number of ether oxygens (including phenoxy) is 1. The van der Waals surface area contributed by atoms with Crippen LogP contribution in [0.2, 0.25) is 0 Å². The van der Waals surface area contributed by atoms with E-state index in [4.69, 9.17) is 10.00 Å². The van der Waals surface area contributed by atoms with Gasteiger partial charge in [0.05, 0.1) is 5.56 Å². The standard InChI is InChI=1S/C23H22F3NO2/c1-2-3-14-4-6-15(7-5-14)16-8-9-18(20(24)10-16)23(28)29-17-11-21(25)19(13-27)22(26)12-17/h8-12,14-15H,2-7H2,1H3. The van der Waals surface area contributed by atoms with Gasteiger partial charge in [-0.15, -0.1) is 0 Å². The predicted octanol–water partition coefficient (Wildman–Crippen LogP) is 6.27. The molecular formula is C23H22F3NO2. The van der Waals surface area contributed by atoms with Crippen LogP contribution >= 0.6 is 0 Å². The Kier molecular flexibility index (Phi) is 6.58. The van der Waals surface area contributed by atoms with Crippen molar-refractivity contribution in [2.75, 3.05) is 0 Å². The molecule has 0 amide bonds. The molecule has 3 nitrogen and oxygen atoms in total. The molecular weight excluding hydrogens is 379 g/mol. The summed E-state index contributed by atoms with van der Waals surface area (Å²) in [6.07, 6.45) is 6.64. The van der Waals surface area contributed by atoms with Crippen LogP contribution in [0.5, 0.6) is 5.75 Å². The zero-order valence-corrected chi connectivity index (χ0v) is 16.2. The Morgan fingerprint density at radius 2 is 1.72 bits per heavy atom. The van der Waals surface area contributed by atoms with Crippen LogP contribution in [-0.4, -0.2) is 5.97 Å². The average molecular weight is 401 g/mol. The van der Waals surface area contributed by atoms with E-state index in [1.54, 1.807) is 6.07 Å². The molecule has 0 unspecified atom stereocenters. The van der Waals surface area contributed by atoms with Gasteiger partial charge in [-0.05, 0) is 55.2 Å². The number of carbonyl (C=O) groups is 1. The first-order chi connectivity index (χ1) is 13.9. The fourth-order valence-electron chi connectivity index (χ4n) is 4.02. The molecule has 2 aromatic carbocycles. The van der Waals surface area contributed by atoms with E-state index in [9.17, 15) is 18.0 Å². The summed E-state index contributed by atoms with van der Waals surface area (Å²) >= 11 is 0. The van der Waals surface area contributed by atoms with Gasteiger partial charge in [0.15, 0.2) is 0 Å². The van der Waals surface area contributed by atoms with Gasteiger partial charge in [-0.2, -0.15) is 5.26 Å². The van der Waals surface area contributed by atoms with Crippen molar-refractivity contribution in [1.29, 1.82) is 5.26 Å². The van der Waals surface area contributed by atoms with E-state index in [0.29, 0.717) is 0 Å². The van der Waals surface area contributed by atoms with E-state index in [2.05, 4.69) is 6.92 Å². The highest BCUT2D eigenvalue weighted by Crippen LogP contribution is 2.38. The van der Waals surface area contributed by atoms with Crippen molar-refractivity contribution in [3.05, 3.63) is 64.5 Å². The molecule has 6 heteroatoms. The first-order valence-electron chi connectivity index (χ1n) is 9.83. The Morgan fingerprint density at radius 1 is 1.07 bits per heavy atom. The lowest BCUT2D eigenvalue weighted by Crippen LogP contribution is -2.15. The molecule has 0 bridgehead atoms. The molecule has 3 rings (SSSR count). The van der Waals surface area contributed by atoms with Crippen molar-refractivity contribution in [3.8, 4) is 11.8 Å². The van der Waals surface area contributed by atoms with Crippen LogP contribution in [0, 0.1) is 34.7 Å². The summed E-state index contributed by atoms with van der Waals surface area (Å²) in [5, 5.41) is 8.67. The molecule has 0 N–H and O–H groups in total. The van der Waals surface area contributed by atoms with Gasteiger partial charge >= 0.3 is 5.97 Å². The van der Waals surface area contributed by atoms with Crippen LogP contribution in [0.15, 0.2) is 30.3 Å². The van der Waals surface area contributed by atoms with Gasteiger partial charge in [-0.25, -0.2) is 18.0 Å². The lowest BCUT2D eigenvalue weighted by Gasteiger charge is -2.28. The number of esters is 1. The molecule has 1 aliphatic rings. The Balaban J connectivity index is 1.70. The van der Waals surface area contributed by atoms with E-state index in [-0.39, 0.29) is 11.5 Å². The number of benzene rings is 2. The third-order valence-electron chi connectivity index (χ3n) is 5.57. The molecule has 152 valence electrons. The topological polar surface area (TPSA) is 50.1 Å². The van der Waals surface area contributed by atoms with Gasteiger partial charge in [0, 0.05) is 12.1 Å². The summed E-state index contributed by atoms with van der Waals surface area (Å²) in [5.74, 6) is -3.49. The third-order valence-corrected chi connectivity index (χ3v) is 5.57. The molecule has 0 radical (unpaired) electrons. The van der Waals surface area contributed by atoms with Gasteiger partial charge in [0.25, 0.3) is 0 Å². The summed E-state index contributed by atoms with van der Waals surface area (Å²) in [5.41, 5.74) is -0.225. The van der Waals surface area contributed by atoms with Crippen molar-refractivity contribution in [1.82, 2.24) is 0 Å². The number of carbonyl (C=O) groups excluding carboxylic acids is 1. The monoisotopic (exact) mass is 401 g/mol. The van der Waals surface area contributed by atoms with Crippen molar-refractivity contribution in [2.45, 2.75) is 51.4 Å². The molecule has 0 aliphatic heterocycles. The Bertz CT molecular complexity index is 921. The summed E-state index contributed by atoms with van der Waals surface area (Å²) in [6, 6.07) is 7.24. The fraction of sp³-hybridized carbons (Fsp3) is 0.391. The van der Waals surface area contributed by atoms with Crippen LogP contribution in [0.3, 0.4) is 0 Å². The summed E-state index contributed by atoms with van der Waals surface area (Å²) in [4.78, 5) is 12.2. The third kappa shape index (κ3) is 4.79. The van der Waals surface area contributed by atoms with Crippen molar-refractivity contribution >= 4 is 5.97 Å². The van der Waals surface area contributed by atoms with Crippen molar-refractivity contribution in [3.63, 3.8) is 0 Å². The highest BCUT2D eigenvalue weighted by atomic mass is 19.1. The first-order valence-corrected chi connectivity index (χ1v) is 9.83. The smallest absolute Gasteiger partial charge is 0.346 e. The molecule has 0 atom stereocenters. The van der Waals surface area contributed by atoms with E-state index in [1.807, 2.05) is 0 Å². The molecule has 1 aliphatic carbocycles. The maximum atomic E-state index is 14.5. The molecule has 1 fully saturated rings. The number of halogens is 3. The van der Waals surface area contributed by atoms with Crippen LogP contribution in [0.4, 0.5) is 13.2 Å². The maximum Gasteiger partial charge on any atom is 0.346 e. The normalized spacial score (nSPS) is 18.9. The molecule has 0 heterocycles. The van der Waals surface area contributed by atoms with Crippen LogP contribution < -0.4 is 4.74 Å². The zero-order valence-electron chi connectivity index (χ0n) is 16.2. The molecule has 2 aromatic rings. The molecule has 0 aromatic heterocycles. The first kappa shape index (κ1) is 20.9. The van der Waals surface area contributed by atoms with E-state index >= 15 is 0 Å². The molecule has 29 heavy (non-hydrogen) atoms. The largest absolute Gasteiger partial charge is 0.423 e. The number of hydrogen-bond donors (Lipinski definition) is 0. The van der Waals surface area contributed by atoms with E-state index in [0.717, 1.165) is 49.3 Å². The number of nitrogens with zero attached hydrogens (tertiary/aromatic N) is 1. The predicted molar refractivity (Wildman–Crippen MR) is 102 cm³/mol. The second-order valence-corrected chi connectivity index (χ2v) is 7.51. The minimum absolute atomic E-state index is 0.268. The Hall–Kier alpha value is -2.81. The Morgan fingerprint density at radius 3 is 2.28 bits per heavy atom. The maximum absolute atomic E-state index is 14.5. The highest BCUT2D eigenvalue weighted by molar-refractivity contribution is 5.91. The van der Waals surface area contributed by atoms with Crippen molar-refractivity contribution in [2.24, 2.45) is 5.92 Å². The summed E-state index contributed by atoms with van der Waals surface area (Å²) in [7, 11) is 0. The highest BCUT2D eigenvalue weighted by Gasteiger charge is 2.24. The molecule has 1 saturated carbocycles.